The highest BCUT2D eigenvalue weighted by Gasteiger charge is 2.10. The van der Waals surface area contributed by atoms with E-state index in [1.54, 1.807) is 29.5 Å². The van der Waals surface area contributed by atoms with Crippen molar-refractivity contribution in [3.8, 4) is 11.1 Å². The minimum absolute atomic E-state index is 0.210. The van der Waals surface area contributed by atoms with Crippen molar-refractivity contribution in [1.29, 1.82) is 0 Å². The lowest BCUT2D eigenvalue weighted by Crippen LogP contribution is -2.39. The predicted molar refractivity (Wildman–Crippen MR) is 87.1 cm³/mol. The van der Waals surface area contributed by atoms with Crippen LogP contribution in [0.25, 0.3) is 11.1 Å². The molecule has 2 aromatic rings. The number of carbonyl (C=O) groups excluding carboxylic acids is 3. The van der Waals surface area contributed by atoms with Gasteiger partial charge in [0.05, 0.1) is 13.7 Å². The van der Waals surface area contributed by atoms with Crippen molar-refractivity contribution in [2.75, 3.05) is 20.2 Å². The molecule has 0 aliphatic heterocycles. The second-order valence-corrected chi connectivity index (χ2v) is 5.41. The summed E-state index contributed by atoms with van der Waals surface area (Å²) in [7, 11) is 1.23. The maximum Gasteiger partial charge on any atom is 0.325 e. The first kappa shape index (κ1) is 16.7. The Morgan fingerprint density at radius 3 is 2.61 bits per heavy atom. The number of esters is 1. The molecule has 1 heterocycles. The molecular weight excluding hydrogens is 316 g/mol. The van der Waals surface area contributed by atoms with Crippen molar-refractivity contribution in [2.24, 2.45) is 0 Å². The summed E-state index contributed by atoms with van der Waals surface area (Å²) in [5.41, 5.74) is 2.45. The summed E-state index contributed by atoms with van der Waals surface area (Å²) >= 11 is 1.58. The van der Waals surface area contributed by atoms with Gasteiger partial charge in [0, 0.05) is 5.56 Å². The molecule has 0 saturated carbocycles. The fourth-order valence-corrected chi connectivity index (χ4v) is 2.50. The van der Waals surface area contributed by atoms with E-state index in [0.717, 1.165) is 11.1 Å². The normalized spacial score (nSPS) is 9.96. The summed E-state index contributed by atoms with van der Waals surface area (Å²) < 4.78 is 4.40. The molecule has 0 radical (unpaired) electrons. The molecule has 0 atom stereocenters. The molecule has 0 aliphatic carbocycles. The van der Waals surface area contributed by atoms with Crippen molar-refractivity contribution in [3.63, 3.8) is 0 Å². The van der Waals surface area contributed by atoms with Gasteiger partial charge in [-0.2, -0.15) is 11.3 Å². The second-order valence-electron chi connectivity index (χ2n) is 4.63. The molecule has 7 heteroatoms. The summed E-state index contributed by atoms with van der Waals surface area (Å²) in [5, 5.41) is 8.82. The third-order valence-electron chi connectivity index (χ3n) is 3.05. The fraction of sp³-hybridized carbons (Fsp3) is 0.188. The summed E-state index contributed by atoms with van der Waals surface area (Å²) in [6, 6.07) is 9.13. The van der Waals surface area contributed by atoms with Gasteiger partial charge in [-0.05, 0) is 40.1 Å². The van der Waals surface area contributed by atoms with Gasteiger partial charge in [-0.1, -0.05) is 12.1 Å². The van der Waals surface area contributed by atoms with Crippen LogP contribution in [-0.4, -0.2) is 38.0 Å². The summed E-state index contributed by atoms with van der Waals surface area (Å²) in [4.78, 5) is 34.5. The lowest BCUT2D eigenvalue weighted by Gasteiger charge is -2.07. The number of carbonyl (C=O) groups is 3. The van der Waals surface area contributed by atoms with Crippen molar-refractivity contribution < 1.29 is 19.1 Å². The van der Waals surface area contributed by atoms with Crippen LogP contribution in [0.2, 0.25) is 0 Å². The van der Waals surface area contributed by atoms with Crippen molar-refractivity contribution in [1.82, 2.24) is 10.6 Å². The Morgan fingerprint density at radius 2 is 1.91 bits per heavy atom. The largest absolute Gasteiger partial charge is 0.468 e. The van der Waals surface area contributed by atoms with E-state index in [2.05, 4.69) is 15.4 Å². The van der Waals surface area contributed by atoms with Crippen molar-refractivity contribution >= 4 is 29.1 Å². The lowest BCUT2D eigenvalue weighted by atomic mass is 10.1. The van der Waals surface area contributed by atoms with E-state index in [1.165, 1.54) is 7.11 Å². The summed E-state index contributed by atoms with van der Waals surface area (Å²) in [6.07, 6.45) is 0. The van der Waals surface area contributed by atoms with E-state index in [0.29, 0.717) is 5.56 Å². The Kier molecular flexibility index (Phi) is 5.87. The summed E-state index contributed by atoms with van der Waals surface area (Å²) in [6.45, 7) is -0.433. The number of thiophene rings is 1. The molecule has 0 fully saturated rings. The average molecular weight is 332 g/mol. The van der Waals surface area contributed by atoms with Crippen molar-refractivity contribution in [2.45, 2.75) is 0 Å². The maximum absolute atomic E-state index is 12.1. The van der Waals surface area contributed by atoms with Gasteiger partial charge in [0.2, 0.25) is 5.91 Å². The van der Waals surface area contributed by atoms with E-state index in [9.17, 15) is 14.4 Å². The average Bonchev–Trinajstić information content (AvgIpc) is 3.12. The standard InChI is InChI=1S/C16H16N2O4S/c1-22-15(20)9-17-14(19)8-18-16(21)12-4-2-3-11(7-12)13-5-6-23-10-13/h2-7,10H,8-9H2,1H3,(H,17,19)(H,18,21). The van der Waals surface area contributed by atoms with E-state index in [4.69, 9.17) is 0 Å². The molecule has 1 aromatic heterocycles. The van der Waals surface area contributed by atoms with E-state index >= 15 is 0 Å². The monoisotopic (exact) mass is 332 g/mol. The number of nitrogens with one attached hydrogen (secondary N) is 2. The van der Waals surface area contributed by atoms with Gasteiger partial charge in [0.25, 0.3) is 5.91 Å². The molecule has 0 unspecified atom stereocenters. The van der Waals surface area contributed by atoms with Gasteiger partial charge in [-0.25, -0.2) is 0 Å². The summed E-state index contributed by atoms with van der Waals surface area (Å²) in [5.74, 6) is -1.36. The predicted octanol–water partition coefficient (Wildman–Crippen LogP) is 1.43. The number of hydrogen-bond acceptors (Lipinski definition) is 5. The zero-order chi connectivity index (χ0) is 16.7. The van der Waals surface area contributed by atoms with E-state index in [-0.39, 0.29) is 19.0 Å². The number of benzene rings is 1. The molecule has 0 saturated heterocycles. The van der Waals surface area contributed by atoms with Crippen LogP contribution in [0.5, 0.6) is 0 Å². The highest BCUT2D eigenvalue weighted by atomic mass is 32.1. The molecule has 23 heavy (non-hydrogen) atoms. The Hall–Kier alpha value is -2.67. The highest BCUT2D eigenvalue weighted by molar-refractivity contribution is 7.08. The van der Waals surface area contributed by atoms with Crippen LogP contribution >= 0.6 is 11.3 Å². The van der Waals surface area contributed by atoms with Crippen LogP contribution in [0.15, 0.2) is 41.1 Å². The quantitative estimate of drug-likeness (QED) is 0.784. The van der Waals surface area contributed by atoms with Gasteiger partial charge in [-0.15, -0.1) is 0 Å². The first-order chi connectivity index (χ1) is 11.1. The Labute approximate surface area is 137 Å². The topological polar surface area (TPSA) is 84.5 Å². The van der Waals surface area contributed by atoms with E-state index in [1.807, 2.05) is 22.9 Å². The molecule has 0 spiro atoms. The van der Waals surface area contributed by atoms with E-state index < -0.39 is 11.9 Å². The fourth-order valence-electron chi connectivity index (χ4n) is 1.84. The molecule has 6 nitrogen and oxygen atoms in total. The van der Waals surface area contributed by atoms with Crippen LogP contribution in [0, 0.1) is 0 Å². The third-order valence-corrected chi connectivity index (χ3v) is 3.73. The molecule has 2 amide bonds. The second kappa shape index (κ2) is 8.09. The SMILES string of the molecule is COC(=O)CNC(=O)CNC(=O)c1cccc(-c2ccsc2)c1. The van der Waals surface area contributed by atoms with Crippen LogP contribution in [-0.2, 0) is 14.3 Å². The maximum atomic E-state index is 12.1. The number of amides is 2. The first-order valence-electron chi connectivity index (χ1n) is 6.84. The van der Waals surface area contributed by atoms with Gasteiger partial charge in [-0.3, -0.25) is 14.4 Å². The minimum atomic E-state index is -0.548. The lowest BCUT2D eigenvalue weighted by molar-refractivity contribution is -0.141. The van der Waals surface area contributed by atoms with Crippen molar-refractivity contribution in [3.05, 3.63) is 46.7 Å². The molecule has 0 bridgehead atoms. The Morgan fingerprint density at radius 1 is 1.09 bits per heavy atom. The van der Waals surface area contributed by atoms with Gasteiger partial charge >= 0.3 is 5.97 Å². The zero-order valence-corrected chi connectivity index (χ0v) is 13.3. The van der Waals surface area contributed by atoms with Crippen LogP contribution in [0.1, 0.15) is 10.4 Å². The molecular formula is C16H16N2O4S. The van der Waals surface area contributed by atoms with Crippen LogP contribution in [0.4, 0.5) is 0 Å². The zero-order valence-electron chi connectivity index (χ0n) is 12.5. The number of ether oxygens (including phenoxy) is 1. The highest BCUT2D eigenvalue weighted by Crippen LogP contribution is 2.22. The Balaban J connectivity index is 1.90. The van der Waals surface area contributed by atoms with Gasteiger partial charge in [0.15, 0.2) is 0 Å². The minimum Gasteiger partial charge on any atom is -0.468 e. The van der Waals surface area contributed by atoms with Gasteiger partial charge < -0.3 is 15.4 Å². The van der Waals surface area contributed by atoms with Crippen LogP contribution in [0.3, 0.4) is 0 Å². The first-order valence-corrected chi connectivity index (χ1v) is 7.79. The molecule has 1 aromatic carbocycles. The number of rotatable bonds is 6. The molecule has 2 N–H and O–H groups in total. The molecule has 0 aliphatic rings. The third kappa shape index (κ3) is 4.93. The number of hydrogen-bond donors (Lipinski definition) is 2. The molecule has 2 rings (SSSR count). The number of methoxy groups -OCH3 is 1. The smallest absolute Gasteiger partial charge is 0.325 e. The molecule has 120 valence electrons. The van der Waals surface area contributed by atoms with Crippen LogP contribution < -0.4 is 10.6 Å². The van der Waals surface area contributed by atoms with Gasteiger partial charge in [0.1, 0.15) is 6.54 Å². The Bertz CT molecular complexity index is 698.